The van der Waals surface area contributed by atoms with Crippen molar-refractivity contribution in [2.24, 2.45) is 11.3 Å². The van der Waals surface area contributed by atoms with Crippen LogP contribution < -0.4 is 4.74 Å². The molecule has 1 aromatic carbocycles. The molecule has 2 atom stereocenters. The summed E-state index contributed by atoms with van der Waals surface area (Å²) in [6, 6.07) is 9.83. The van der Waals surface area contributed by atoms with Crippen molar-refractivity contribution in [3.05, 3.63) is 51.7 Å². The number of amides is 1. The largest absolute Gasteiger partial charge is 0.497 e. The van der Waals surface area contributed by atoms with E-state index in [-0.39, 0.29) is 17.9 Å². The highest BCUT2D eigenvalue weighted by Gasteiger charge is 2.52. The van der Waals surface area contributed by atoms with Gasteiger partial charge in [-0.3, -0.25) is 9.69 Å². The number of aliphatic hydroxyl groups is 1. The monoisotopic (exact) mass is 400 g/mol. The summed E-state index contributed by atoms with van der Waals surface area (Å²) < 4.78 is 5.18. The van der Waals surface area contributed by atoms with E-state index in [9.17, 15) is 9.90 Å². The summed E-state index contributed by atoms with van der Waals surface area (Å²) in [6.45, 7) is 6.45. The maximum atomic E-state index is 12.8. The van der Waals surface area contributed by atoms with Gasteiger partial charge >= 0.3 is 0 Å². The minimum atomic E-state index is -0.180. The Morgan fingerprint density at radius 2 is 2.04 bits per heavy atom. The van der Waals surface area contributed by atoms with Crippen LogP contribution in [0.4, 0.5) is 0 Å². The van der Waals surface area contributed by atoms with E-state index in [0.717, 1.165) is 37.5 Å². The molecule has 0 spiro atoms. The van der Waals surface area contributed by atoms with Crippen molar-refractivity contribution in [3.8, 4) is 5.75 Å². The lowest BCUT2D eigenvalue weighted by Crippen LogP contribution is -2.39. The molecule has 6 heteroatoms. The van der Waals surface area contributed by atoms with Crippen LogP contribution in [0, 0.1) is 18.3 Å². The number of rotatable bonds is 6. The molecule has 2 aliphatic rings. The Balaban J connectivity index is 1.38. The maximum absolute atomic E-state index is 12.8. The molecule has 2 fully saturated rings. The molecule has 3 heterocycles. The first-order valence-corrected chi connectivity index (χ1v) is 10.7. The quantitative estimate of drug-likeness (QED) is 0.810. The second kappa shape index (κ2) is 7.85. The van der Waals surface area contributed by atoms with Crippen LogP contribution in [0.2, 0.25) is 0 Å². The van der Waals surface area contributed by atoms with E-state index in [1.165, 1.54) is 10.4 Å². The molecule has 2 aromatic rings. The smallest absolute Gasteiger partial charge is 0.227 e. The van der Waals surface area contributed by atoms with Gasteiger partial charge in [0.05, 0.1) is 20.1 Å². The summed E-state index contributed by atoms with van der Waals surface area (Å²) >= 11 is 1.80. The highest BCUT2D eigenvalue weighted by atomic mass is 32.1. The first-order chi connectivity index (χ1) is 13.5. The predicted molar refractivity (Wildman–Crippen MR) is 111 cm³/mol. The predicted octanol–water partition coefficient (Wildman–Crippen LogP) is 2.56. The maximum Gasteiger partial charge on any atom is 0.227 e. The van der Waals surface area contributed by atoms with Gasteiger partial charge in [0.15, 0.2) is 0 Å². The second-order valence-electron chi connectivity index (χ2n) is 8.21. The van der Waals surface area contributed by atoms with Gasteiger partial charge in [-0.05, 0) is 47.5 Å². The van der Waals surface area contributed by atoms with E-state index in [4.69, 9.17) is 4.74 Å². The number of hydrogen-bond acceptors (Lipinski definition) is 5. The molecule has 0 radical (unpaired) electrons. The summed E-state index contributed by atoms with van der Waals surface area (Å²) in [5.74, 6) is 1.29. The highest BCUT2D eigenvalue weighted by molar-refractivity contribution is 7.10. The van der Waals surface area contributed by atoms with Gasteiger partial charge < -0.3 is 14.7 Å². The molecule has 0 aliphatic carbocycles. The zero-order chi connectivity index (χ0) is 19.7. The zero-order valence-corrected chi connectivity index (χ0v) is 17.4. The van der Waals surface area contributed by atoms with E-state index in [0.29, 0.717) is 18.9 Å². The zero-order valence-electron chi connectivity index (χ0n) is 16.6. The molecule has 2 saturated heterocycles. The van der Waals surface area contributed by atoms with Crippen molar-refractivity contribution in [2.45, 2.75) is 19.9 Å². The van der Waals surface area contributed by atoms with E-state index >= 15 is 0 Å². The van der Waals surface area contributed by atoms with Crippen LogP contribution in [0.1, 0.15) is 16.0 Å². The van der Waals surface area contributed by atoms with Crippen LogP contribution in [0.5, 0.6) is 5.75 Å². The molecule has 2 aliphatic heterocycles. The number of hydrogen-bond donors (Lipinski definition) is 1. The first-order valence-electron chi connectivity index (χ1n) is 9.80. The number of methoxy groups -OCH3 is 1. The van der Waals surface area contributed by atoms with Gasteiger partial charge in [-0.25, -0.2) is 0 Å². The van der Waals surface area contributed by atoms with Gasteiger partial charge in [-0.15, -0.1) is 11.3 Å². The molecule has 4 rings (SSSR count). The fraction of sp³-hybridized carbons (Fsp3) is 0.500. The minimum absolute atomic E-state index is 0.143. The summed E-state index contributed by atoms with van der Waals surface area (Å²) in [5.41, 5.74) is 2.16. The number of thiophene rings is 1. The Bertz CT molecular complexity index is 835. The van der Waals surface area contributed by atoms with Crippen LogP contribution in [0.25, 0.3) is 0 Å². The number of aliphatic hydroxyl groups excluding tert-OH is 1. The van der Waals surface area contributed by atoms with Crippen molar-refractivity contribution in [3.63, 3.8) is 0 Å². The third-order valence-corrected chi connectivity index (χ3v) is 7.35. The number of benzene rings is 1. The van der Waals surface area contributed by atoms with E-state index < -0.39 is 0 Å². The molecular weight excluding hydrogens is 372 g/mol. The van der Waals surface area contributed by atoms with Crippen molar-refractivity contribution in [2.75, 3.05) is 39.9 Å². The average Bonchev–Trinajstić information content (AvgIpc) is 3.35. The van der Waals surface area contributed by atoms with Crippen LogP contribution in [-0.4, -0.2) is 60.7 Å². The van der Waals surface area contributed by atoms with Crippen LogP contribution in [0.15, 0.2) is 35.7 Å². The van der Waals surface area contributed by atoms with Crippen LogP contribution in [-0.2, 0) is 17.8 Å². The molecule has 1 aromatic heterocycles. The van der Waals surface area contributed by atoms with Crippen molar-refractivity contribution < 1.29 is 14.6 Å². The number of fused-ring (bicyclic) bond motifs is 1. The molecule has 28 heavy (non-hydrogen) atoms. The van der Waals surface area contributed by atoms with Gasteiger partial charge in [0, 0.05) is 43.0 Å². The molecule has 0 unspecified atom stereocenters. The van der Waals surface area contributed by atoms with Gasteiger partial charge in [0.1, 0.15) is 5.75 Å². The lowest BCUT2D eigenvalue weighted by atomic mass is 9.82. The molecule has 150 valence electrons. The van der Waals surface area contributed by atoms with Crippen molar-refractivity contribution >= 4 is 17.2 Å². The summed E-state index contributed by atoms with van der Waals surface area (Å²) in [4.78, 5) is 18.7. The van der Waals surface area contributed by atoms with Crippen molar-refractivity contribution in [1.82, 2.24) is 9.80 Å². The fourth-order valence-electron chi connectivity index (χ4n) is 4.62. The molecular formula is C22H28N2O3S. The van der Waals surface area contributed by atoms with Gasteiger partial charge in [-0.1, -0.05) is 12.1 Å². The Morgan fingerprint density at radius 1 is 1.25 bits per heavy atom. The van der Waals surface area contributed by atoms with Gasteiger partial charge in [0.25, 0.3) is 0 Å². The number of nitrogens with zero attached hydrogens (tertiary/aromatic N) is 2. The molecule has 1 amide bonds. The average molecular weight is 401 g/mol. The summed E-state index contributed by atoms with van der Waals surface area (Å²) in [5, 5.41) is 12.3. The summed E-state index contributed by atoms with van der Waals surface area (Å²) in [7, 11) is 1.64. The van der Waals surface area contributed by atoms with Crippen LogP contribution in [0.3, 0.4) is 0 Å². The molecule has 0 saturated carbocycles. The lowest BCUT2D eigenvalue weighted by Gasteiger charge is -2.27. The normalized spacial score (nSPS) is 24.5. The molecule has 0 bridgehead atoms. The first kappa shape index (κ1) is 19.4. The van der Waals surface area contributed by atoms with E-state index in [2.05, 4.69) is 23.3 Å². The third kappa shape index (κ3) is 3.69. The number of likely N-dealkylation sites (tertiary alicyclic amines) is 2. The Labute approximate surface area is 170 Å². The molecule has 1 N–H and O–H groups in total. The third-order valence-electron chi connectivity index (χ3n) is 6.35. The topological polar surface area (TPSA) is 53.0 Å². The number of carbonyl (C=O) groups excluding carboxylic acids is 1. The van der Waals surface area contributed by atoms with E-state index in [1.807, 2.05) is 29.2 Å². The van der Waals surface area contributed by atoms with Gasteiger partial charge in [0.2, 0.25) is 5.91 Å². The molecule has 5 nitrogen and oxygen atoms in total. The highest BCUT2D eigenvalue weighted by Crippen LogP contribution is 2.43. The number of carbonyl (C=O) groups is 1. The standard InChI is InChI=1S/C22H28N2O3S/c1-16-7-8-28-20(16)12-23-10-18-11-24(14-22(18,13-23)15-25)21(26)9-17-3-5-19(27-2)6-4-17/h3-8,18,25H,9-15H2,1-2H3/t18-,22+/m0/s1. The Hall–Kier alpha value is -1.89. The number of aryl methyl sites for hydroxylation is 1. The van der Waals surface area contributed by atoms with Gasteiger partial charge in [-0.2, -0.15) is 0 Å². The SMILES string of the molecule is COc1ccc(CC(=O)N2C[C@@H]3CN(Cc4sccc4C)C[C@]3(CO)C2)cc1. The van der Waals surface area contributed by atoms with E-state index in [1.54, 1.807) is 18.4 Å². The van der Waals surface area contributed by atoms with Crippen LogP contribution >= 0.6 is 11.3 Å². The second-order valence-corrected chi connectivity index (χ2v) is 9.21. The lowest BCUT2D eigenvalue weighted by molar-refractivity contribution is -0.130. The summed E-state index contributed by atoms with van der Waals surface area (Å²) in [6.07, 6.45) is 0.399. The Kier molecular flexibility index (Phi) is 5.45. The Morgan fingerprint density at radius 3 is 2.64 bits per heavy atom. The van der Waals surface area contributed by atoms with Crippen molar-refractivity contribution in [1.29, 1.82) is 0 Å². The number of ether oxygens (including phenoxy) is 1. The fourth-order valence-corrected chi connectivity index (χ4v) is 5.57. The minimum Gasteiger partial charge on any atom is -0.497 e.